The molecule has 0 aliphatic heterocycles. The lowest BCUT2D eigenvalue weighted by atomic mass is 10.1. The second-order valence-electron chi connectivity index (χ2n) is 4.15. The van der Waals surface area contributed by atoms with Crippen molar-refractivity contribution in [2.24, 2.45) is 0 Å². The smallest absolute Gasteiger partial charge is 0.282 e. The number of nitrogens with zero attached hydrogens (tertiary/aromatic N) is 1. The highest BCUT2D eigenvalue weighted by Crippen LogP contribution is 2.22. The van der Waals surface area contributed by atoms with Gasteiger partial charge in [0.25, 0.3) is 11.6 Å². The van der Waals surface area contributed by atoms with Crippen LogP contribution in [0.1, 0.15) is 31.1 Å². The fraction of sp³-hybridized carbons (Fsp3) is 0.417. The van der Waals surface area contributed by atoms with Crippen LogP contribution >= 0.6 is 0 Å². The number of carbonyl (C=O) groups excluding carboxylic acids is 1. The summed E-state index contributed by atoms with van der Waals surface area (Å²) in [7, 11) is 0. The maximum Gasteiger partial charge on any atom is 0.282 e. The molecule has 1 aromatic carbocycles. The zero-order valence-electron chi connectivity index (χ0n) is 10.7. The van der Waals surface area contributed by atoms with Gasteiger partial charge in [0.1, 0.15) is 5.56 Å². The van der Waals surface area contributed by atoms with E-state index in [1.807, 2.05) is 6.92 Å². The van der Waals surface area contributed by atoms with E-state index in [1.165, 1.54) is 12.1 Å². The predicted molar refractivity (Wildman–Crippen MR) is 69.9 cm³/mol. The number of anilines is 1. The van der Waals surface area contributed by atoms with Crippen LogP contribution in [-0.4, -0.2) is 23.4 Å². The largest absolute Gasteiger partial charge is 0.385 e. The van der Waals surface area contributed by atoms with Crippen LogP contribution in [0, 0.1) is 10.1 Å². The Morgan fingerprint density at radius 2 is 2.11 bits per heavy atom. The average molecular weight is 251 g/mol. The second kappa shape index (κ2) is 6.00. The van der Waals surface area contributed by atoms with E-state index in [-0.39, 0.29) is 17.3 Å². The Morgan fingerprint density at radius 1 is 1.44 bits per heavy atom. The highest BCUT2D eigenvalue weighted by atomic mass is 16.6. The van der Waals surface area contributed by atoms with Crippen LogP contribution in [0.2, 0.25) is 0 Å². The van der Waals surface area contributed by atoms with E-state index in [4.69, 9.17) is 0 Å². The van der Waals surface area contributed by atoms with Crippen molar-refractivity contribution in [3.8, 4) is 0 Å². The molecule has 0 aliphatic rings. The van der Waals surface area contributed by atoms with Crippen molar-refractivity contribution in [2.45, 2.75) is 26.8 Å². The Hall–Kier alpha value is -2.11. The Labute approximate surface area is 106 Å². The molecule has 98 valence electrons. The van der Waals surface area contributed by atoms with Crippen molar-refractivity contribution in [1.82, 2.24) is 5.32 Å². The molecule has 0 unspecified atom stereocenters. The molecule has 0 aromatic heterocycles. The van der Waals surface area contributed by atoms with E-state index in [9.17, 15) is 14.9 Å². The zero-order valence-corrected chi connectivity index (χ0v) is 10.7. The summed E-state index contributed by atoms with van der Waals surface area (Å²) in [6.45, 7) is 6.20. The summed E-state index contributed by atoms with van der Waals surface area (Å²) in [5.41, 5.74) is 0.582. The van der Waals surface area contributed by atoms with Gasteiger partial charge in [-0.15, -0.1) is 0 Å². The molecule has 6 nitrogen and oxygen atoms in total. The Balaban J connectivity index is 3.14. The summed E-state index contributed by atoms with van der Waals surface area (Å²) in [6.07, 6.45) is 0. The van der Waals surface area contributed by atoms with Crippen molar-refractivity contribution in [3.05, 3.63) is 33.9 Å². The van der Waals surface area contributed by atoms with Crippen molar-refractivity contribution in [1.29, 1.82) is 0 Å². The number of nitro groups is 1. The van der Waals surface area contributed by atoms with Gasteiger partial charge in [-0.25, -0.2) is 0 Å². The fourth-order valence-electron chi connectivity index (χ4n) is 1.53. The second-order valence-corrected chi connectivity index (χ2v) is 4.15. The average Bonchev–Trinajstić information content (AvgIpc) is 2.28. The first kappa shape index (κ1) is 14.0. The molecule has 0 saturated carbocycles. The van der Waals surface area contributed by atoms with E-state index in [0.717, 1.165) is 0 Å². The minimum absolute atomic E-state index is 0.0695. The minimum Gasteiger partial charge on any atom is -0.385 e. The highest BCUT2D eigenvalue weighted by molar-refractivity contribution is 5.99. The molecule has 0 aliphatic carbocycles. The zero-order chi connectivity index (χ0) is 13.7. The number of carbonyl (C=O) groups is 1. The van der Waals surface area contributed by atoms with Gasteiger partial charge in [-0.2, -0.15) is 0 Å². The summed E-state index contributed by atoms with van der Waals surface area (Å²) in [6, 6.07) is 4.36. The van der Waals surface area contributed by atoms with E-state index in [2.05, 4.69) is 10.6 Å². The number of hydrogen-bond donors (Lipinski definition) is 2. The van der Waals surface area contributed by atoms with E-state index in [0.29, 0.717) is 12.2 Å². The maximum absolute atomic E-state index is 11.9. The molecular weight excluding hydrogens is 234 g/mol. The van der Waals surface area contributed by atoms with E-state index in [1.54, 1.807) is 19.9 Å². The molecule has 1 amide bonds. The van der Waals surface area contributed by atoms with Gasteiger partial charge >= 0.3 is 0 Å². The molecule has 18 heavy (non-hydrogen) atoms. The molecule has 0 bridgehead atoms. The molecule has 6 heteroatoms. The predicted octanol–water partition coefficient (Wildman–Crippen LogP) is 2.16. The van der Waals surface area contributed by atoms with Gasteiger partial charge < -0.3 is 10.6 Å². The van der Waals surface area contributed by atoms with Crippen molar-refractivity contribution in [3.63, 3.8) is 0 Å². The van der Waals surface area contributed by atoms with Crippen LogP contribution in [-0.2, 0) is 0 Å². The first-order chi connectivity index (χ1) is 8.45. The first-order valence-corrected chi connectivity index (χ1v) is 5.78. The van der Waals surface area contributed by atoms with Crippen LogP contribution in [0.4, 0.5) is 11.4 Å². The Kier molecular flexibility index (Phi) is 4.65. The molecule has 0 saturated heterocycles. The van der Waals surface area contributed by atoms with Crippen LogP contribution in [0.5, 0.6) is 0 Å². The monoisotopic (exact) mass is 251 g/mol. The molecule has 0 heterocycles. The van der Waals surface area contributed by atoms with Crippen LogP contribution in [0.25, 0.3) is 0 Å². The molecule has 0 spiro atoms. The standard InChI is InChI=1S/C12H17N3O3/c1-4-13-9-5-6-11(15(17)18)10(7-9)12(16)14-8(2)3/h5-8,13H,4H2,1-3H3,(H,14,16). The quantitative estimate of drug-likeness (QED) is 0.620. The fourth-order valence-corrected chi connectivity index (χ4v) is 1.53. The Morgan fingerprint density at radius 3 is 2.61 bits per heavy atom. The number of hydrogen-bond acceptors (Lipinski definition) is 4. The number of benzene rings is 1. The third kappa shape index (κ3) is 3.44. The van der Waals surface area contributed by atoms with Crippen molar-refractivity contribution >= 4 is 17.3 Å². The van der Waals surface area contributed by atoms with E-state index < -0.39 is 10.8 Å². The Bertz CT molecular complexity index is 458. The summed E-state index contributed by atoms with van der Waals surface area (Å²) >= 11 is 0. The van der Waals surface area contributed by atoms with Crippen LogP contribution < -0.4 is 10.6 Å². The summed E-state index contributed by atoms with van der Waals surface area (Å²) in [4.78, 5) is 22.2. The molecule has 0 radical (unpaired) electrons. The minimum atomic E-state index is -0.551. The lowest BCUT2D eigenvalue weighted by Gasteiger charge is -2.10. The van der Waals surface area contributed by atoms with Gasteiger partial charge in [-0.05, 0) is 32.9 Å². The first-order valence-electron chi connectivity index (χ1n) is 5.78. The van der Waals surface area contributed by atoms with Gasteiger partial charge in [0, 0.05) is 24.3 Å². The van der Waals surface area contributed by atoms with Gasteiger partial charge in [0.05, 0.1) is 4.92 Å². The SMILES string of the molecule is CCNc1ccc([N+](=O)[O-])c(C(=O)NC(C)C)c1. The highest BCUT2D eigenvalue weighted by Gasteiger charge is 2.20. The summed E-state index contributed by atoms with van der Waals surface area (Å²) in [5, 5.41) is 16.6. The number of rotatable bonds is 5. The molecule has 1 aromatic rings. The molecule has 1 rings (SSSR count). The molecule has 0 fully saturated rings. The van der Waals surface area contributed by atoms with Crippen molar-refractivity contribution in [2.75, 3.05) is 11.9 Å². The van der Waals surface area contributed by atoms with Gasteiger partial charge in [0.2, 0.25) is 0 Å². The third-order valence-electron chi connectivity index (χ3n) is 2.24. The maximum atomic E-state index is 11.9. The number of nitrogens with one attached hydrogen (secondary N) is 2. The molecule has 0 atom stereocenters. The number of amides is 1. The molecule has 2 N–H and O–H groups in total. The van der Waals surface area contributed by atoms with E-state index >= 15 is 0 Å². The third-order valence-corrected chi connectivity index (χ3v) is 2.24. The summed E-state index contributed by atoms with van der Waals surface area (Å²) in [5.74, 6) is -0.434. The lowest BCUT2D eigenvalue weighted by molar-refractivity contribution is -0.385. The van der Waals surface area contributed by atoms with Gasteiger partial charge in [0.15, 0.2) is 0 Å². The summed E-state index contributed by atoms with van der Waals surface area (Å²) < 4.78 is 0. The van der Waals surface area contributed by atoms with Gasteiger partial charge in [-0.3, -0.25) is 14.9 Å². The van der Waals surface area contributed by atoms with Crippen LogP contribution in [0.3, 0.4) is 0 Å². The van der Waals surface area contributed by atoms with Crippen molar-refractivity contribution < 1.29 is 9.72 Å². The topological polar surface area (TPSA) is 84.3 Å². The molecular formula is C12H17N3O3. The number of nitro benzene ring substituents is 1. The lowest BCUT2D eigenvalue weighted by Crippen LogP contribution is -2.30. The van der Waals surface area contributed by atoms with Crippen LogP contribution in [0.15, 0.2) is 18.2 Å². The van der Waals surface area contributed by atoms with Gasteiger partial charge in [-0.1, -0.05) is 0 Å². The normalized spacial score (nSPS) is 10.2.